The third kappa shape index (κ3) is 4.79. The predicted octanol–water partition coefficient (Wildman–Crippen LogP) is 3.50. The molecule has 3 rings (SSSR count). The second-order valence-corrected chi connectivity index (χ2v) is 6.20. The van der Waals surface area contributed by atoms with E-state index in [0.717, 1.165) is 22.6 Å². The number of carbonyl (C=O) groups excluding carboxylic acids is 1. The Labute approximate surface area is 151 Å². The number of ether oxygens (including phenoxy) is 3. The average Bonchev–Trinajstić information content (AvgIpc) is 3.07. The summed E-state index contributed by atoms with van der Waals surface area (Å²) in [7, 11) is 0. The Morgan fingerprint density at radius 1 is 1.20 bits per heavy atom. The zero-order chi connectivity index (χ0) is 17.6. The van der Waals surface area contributed by atoms with Crippen LogP contribution in [0.1, 0.15) is 17.5 Å². The lowest BCUT2D eigenvalue weighted by Gasteiger charge is -2.09. The van der Waals surface area contributed by atoms with E-state index in [-0.39, 0.29) is 12.7 Å². The van der Waals surface area contributed by atoms with Gasteiger partial charge in [-0.2, -0.15) is 0 Å². The van der Waals surface area contributed by atoms with Crippen molar-refractivity contribution in [1.82, 2.24) is 5.32 Å². The summed E-state index contributed by atoms with van der Waals surface area (Å²) in [5.74, 6) is 2.18. The van der Waals surface area contributed by atoms with Gasteiger partial charge in [0.05, 0.1) is 6.54 Å². The minimum absolute atomic E-state index is 0.0109. The van der Waals surface area contributed by atoms with Gasteiger partial charge in [0, 0.05) is 11.4 Å². The number of nitrogens with one attached hydrogen (secondary N) is 1. The SMILES string of the molecule is Cc1ccc(OCCNC(=O)CCc2ccc3c(c2)OCO3)cc1Cl. The van der Waals surface area contributed by atoms with Crippen molar-refractivity contribution in [1.29, 1.82) is 0 Å². The van der Waals surface area contributed by atoms with E-state index in [1.165, 1.54) is 0 Å². The third-order valence-corrected chi connectivity index (χ3v) is 4.32. The standard InChI is InChI=1S/C19H20ClNO4/c1-13-2-5-15(11-16(13)20)23-9-8-21-19(22)7-4-14-3-6-17-18(10-14)25-12-24-17/h2-3,5-6,10-11H,4,7-9,12H2,1H3,(H,21,22). The third-order valence-electron chi connectivity index (χ3n) is 3.91. The Bertz CT molecular complexity index is 763. The van der Waals surface area contributed by atoms with Crippen LogP contribution in [0.15, 0.2) is 36.4 Å². The lowest BCUT2D eigenvalue weighted by atomic mass is 10.1. The number of hydrogen-bond acceptors (Lipinski definition) is 4. The summed E-state index contributed by atoms with van der Waals surface area (Å²) in [4.78, 5) is 11.9. The monoisotopic (exact) mass is 361 g/mol. The number of aryl methyl sites for hydroxylation is 2. The minimum Gasteiger partial charge on any atom is -0.492 e. The lowest BCUT2D eigenvalue weighted by molar-refractivity contribution is -0.121. The van der Waals surface area contributed by atoms with Crippen LogP contribution in [0.3, 0.4) is 0 Å². The topological polar surface area (TPSA) is 56.8 Å². The van der Waals surface area contributed by atoms with Gasteiger partial charge < -0.3 is 19.5 Å². The first-order valence-electron chi connectivity index (χ1n) is 8.16. The molecule has 0 saturated carbocycles. The predicted molar refractivity (Wildman–Crippen MR) is 95.6 cm³/mol. The first kappa shape index (κ1) is 17.4. The van der Waals surface area contributed by atoms with Crippen molar-refractivity contribution in [3.8, 4) is 17.2 Å². The molecule has 2 aromatic carbocycles. The normalized spacial score (nSPS) is 12.1. The Morgan fingerprint density at radius 2 is 2.04 bits per heavy atom. The molecular weight excluding hydrogens is 342 g/mol. The number of hydrogen-bond donors (Lipinski definition) is 1. The molecule has 0 spiro atoms. The van der Waals surface area contributed by atoms with Gasteiger partial charge in [0.15, 0.2) is 11.5 Å². The number of halogens is 1. The summed E-state index contributed by atoms with van der Waals surface area (Å²) < 4.78 is 16.2. The molecule has 25 heavy (non-hydrogen) atoms. The fourth-order valence-corrected chi connectivity index (χ4v) is 2.64. The van der Waals surface area contributed by atoms with E-state index in [1.54, 1.807) is 6.07 Å². The maximum absolute atomic E-state index is 11.9. The van der Waals surface area contributed by atoms with Crippen molar-refractivity contribution in [2.45, 2.75) is 19.8 Å². The van der Waals surface area contributed by atoms with E-state index in [2.05, 4.69) is 5.32 Å². The zero-order valence-electron chi connectivity index (χ0n) is 14.0. The fourth-order valence-electron chi connectivity index (χ4n) is 2.47. The maximum atomic E-state index is 11.9. The Balaban J connectivity index is 1.36. The molecule has 1 N–H and O–H groups in total. The molecule has 1 aliphatic heterocycles. The van der Waals surface area contributed by atoms with Crippen LogP contribution >= 0.6 is 11.6 Å². The second-order valence-electron chi connectivity index (χ2n) is 5.80. The summed E-state index contributed by atoms with van der Waals surface area (Å²) in [6.45, 7) is 3.04. The highest BCUT2D eigenvalue weighted by molar-refractivity contribution is 6.31. The van der Waals surface area contributed by atoms with Crippen molar-refractivity contribution >= 4 is 17.5 Å². The van der Waals surface area contributed by atoms with Crippen LogP contribution in [0.25, 0.3) is 0 Å². The molecule has 2 aromatic rings. The summed E-state index contributed by atoms with van der Waals surface area (Å²) in [5, 5.41) is 3.52. The lowest BCUT2D eigenvalue weighted by Crippen LogP contribution is -2.28. The molecule has 0 bridgehead atoms. The molecule has 0 aromatic heterocycles. The van der Waals surface area contributed by atoms with Gasteiger partial charge in [-0.1, -0.05) is 23.7 Å². The summed E-state index contributed by atoms with van der Waals surface area (Å²) in [5.41, 5.74) is 2.05. The van der Waals surface area contributed by atoms with Gasteiger partial charge in [0.2, 0.25) is 12.7 Å². The second kappa shape index (κ2) is 8.12. The Hall–Kier alpha value is -2.40. The van der Waals surface area contributed by atoms with Crippen LogP contribution in [0.2, 0.25) is 5.02 Å². The minimum atomic E-state index is -0.0109. The molecule has 0 fully saturated rings. The number of carbonyl (C=O) groups is 1. The van der Waals surface area contributed by atoms with Crippen LogP contribution in [0, 0.1) is 6.92 Å². The first-order chi connectivity index (χ1) is 12.1. The van der Waals surface area contributed by atoms with Crippen LogP contribution in [-0.4, -0.2) is 25.9 Å². The number of benzene rings is 2. The molecule has 5 nitrogen and oxygen atoms in total. The maximum Gasteiger partial charge on any atom is 0.231 e. The quantitative estimate of drug-likeness (QED) is 0.767. The highest BCUT2D eigenvalue weighted by atomic mass is 35.5. The van der Waals surface area contributed by atoms with E-state index in [0.29, 0.717) is 36.8 Å². The molecule has 0 aliphatic carbocycles. The van der Waals surface area contributed by atoms with Crippen LogP contribution in [-0.2, 0) is 11.2 Å². The molecule has 1 heterocycles. The van der Waals surface area contributed by atoms with E-state index >= 15 is 0 Å². The highest BCUT2D eigenvalue weighted by Crippen LogP contribution is 2.32. The largest absolute Gasteiger partial charge is 0.492 e. The van der Waals surface area contributed by atoms with E-state index in [4.69, 9.17) is 25.8 Å². The Morgan fingerprint density at radius 3 is 2.88 bits per heavy atom. The highest BCUT2D eigenvalue weighted by Gasteiger charge is 2.13. The molecule has 1 aliphatic rings. The molecule has 0 radical (unpaired) electrons. The molecular formula is C19H20ClNO4. The van der Waals surface area contributed by atoms with Gasteiger partial charge in [-0.15, -0.1) is 0 Å². The van der Waals surface area contributed by atoms with Crippen molar-refractivity contribution in [3.63, 3.8) is 0 Å². The van der Waals surface area contributed by atoms with E-state index in [9.17, 15) is 4.79 Å². The number of amides is 1. The van der Waals surface area contributed by atoms with Crippen molar-refractivity contribution in [3.05, 3.63) is 52.5 Å². The summed E-state index contributed by atoms with van der Waals surface area (Å²) in [6.07, 6.45) is 1.06. The van der Waals surface area contributed by atoms with Gasteiger partial charge in [0.25, 0.3) is 0 Å². The van der Waals surface area contributed by atoms with Crippen LogP contribution in [0.4, 0.5) is 0 Å². The van der Waals surface area contributed by atoms with Crippen LogP contribution in [0.5, 0.6) is 17.2 Å². The summed E-state index contributed by atoms with van der Waals surface area (Å²) >= 11 is 6.05. The molecule has 6 heteroatoms. The summed E-state index contributed by atoms with van der Waals surface area (Å²) in [6, 6.07) is 11.3. The van der Waals surface area contributed by atoms with Gasteiger partial charge in [-0.25, -0.2) is 0 Å². The Kier molecular flexibility index (Phi) is 5.66. The smallest absolute Gasteiger partial charge is 0.231 e. The molecule has 0 atom stereocenters. The van der Waals surface area contributed by atoms with Crippen molar-refractivity contribution < 1.29 is 19.0 Å². The number of rotatable bonds is 7. The van der Waals surface area contributed by atoms with Gasteiger partial charge in [0.1, 0.15) is 12.4 Å². The fraction of sp³-hybridized carbons (Fsp3) is 0.316. The average molecular weight is 362 g/mol. The van der Waals surface area contributed by atoms with Crippen molar-refractivity contribution in [2.24, 2.45) is 0 Å². The van der Waals surface area contributed by atoms with E-state index < -0.39 is 0 Å². The number of fused-ring (bicyclic) bond motifs is 1. The van der Waals surface area contributed by atoms with Gasteiger partial charge in [-0.05, 0) is 48.7 Å². The van der Waals surface area contributed by atoms with Gasteiger partial charge >= 0.3 is 0 Å². The van der Waals surface area contributed by atoms with Crippen LogP contribution < -0.4 is 19.5 Å². The molecule has 0 saturated heterocycles. The zero-order valence-corrected chi connectivity index (χ0v) is 14.8. The van der Waals surface area contributed by atoms with Crippen molar-refractivity contribution in [2.75, 3.05) is 19.9 Å². The molecule has 1 amide bonds. The first-order valence-corrected chi connectivity index (χ1v) is 8.54. The van der Waals surface area contributed by atoms with E-state index in [1.807, 2.05) is 37.3 Å². The van der Waals surface area contributed by atoms with Gasteiger partial charge in [-0.3, -0.25) is 4.79 Å². The molecule has 132 valence electrons. The molecule has 0 unspecified atom stereocenters.